The lowest BCUT2D eigenvalue weighted by atomic mass is 9.43. The molecule has 5 heteroatoms. The summed E-state index contributed by atoms with van der Waals surface area (Å²) in [6, 6.07) is 6.67. The SMILES string of the molecule is COc1ccc(S(=O)(=O)NC23CC4C[C@@](C)(C2)C[C@](C)(C4)C3)cc1. The molecule has 4 bridgehead atoms. The van der Waals surface area contributed by atoms with E-state index in [0.29, 0.717) is 16.6 Å². The average molecular weight is 349 g/mol. The summed E-state index contributed by atoms with van der Waals surface area (Å²) < 4.78 is 34.2. The molecular weight excluding hydrogens is 322 g/mol. The van der Waals surface area contributed by atoms with Gasteiger partial charge in [0.2, 0.25) is 10.0 Å². The van der Waals surface area contributed by atoms with Crippen molar-refractivity contribution in [2.75, 3.05) is 7.11 Å². The van der Waals surface area contributed by atoms with Crippen molar-refractivity contribution in [1.29, 1.82) is 0 Å². The maximum absolute atomic E-state index is 13.0. The summed E-state index contributed by atoms with van der Waals surface area (Å²) in [5.74, 6) is 1.33. The second-order valence-electron chi connectivity index (χ2n) is 9.19. The van der Waals surface area contributed by atoms with E-state index in [0.717, 1.165) is 19.3 Å². The first kappa shape index (κ1) is 16.4. The van der Waals surface area contributed by atoms with E-state index in [-0.39, 0.29) is 16.4 Å². The molecule has 24 heavy (non-hydrogen) atoms. The molecule has 0 aromatic heterocycles. The number of hydrogen-bond donors (Lipinski definition) is 1. The Bertz CT molecular complexity index is 737. The summed E-state index contributed by atoms with van der Waals surface area (Å²) in [5.41, 5.74) is 0.314. The maximum Gasteiger partial charge on any atom is 0.241 e. The maximum atomic E-state index is 13.0. The smallest absolute Gasteiger partial charge is 0.241 e. The fourth-order valence-corrected chi connectivity index (χ4v) is 8.07. The third-order valence-electron chi connectivity index (χ3n) is 6.35. The lowest BCUT2D eigenvalue weighted by molar-refractivity contribution is -0.110. The first-order valence-corrected chi connectivity index (χ1v) is 10.3. The number of benzene rings is 1. The van der Waals surface area contributed by atoms with Crippen molar-refractivity contribution >= 4 is 10.0 Å². The molecule has 2 unspecified atom stereocenters. The third-order valence-corrected chi connectivity index (χ3v) is 7.94. The molecule has 0 saturated heterocycles. The molecule has 1 aromatic rings. The van der Waals surface area contributed by atoms with Crippen molar-refractivity contribution in [3.63, 3.8) is 0 Å². The monoisotopic (exact) mass is 349 g/mol. The third kappa shape index (κ3) is 2.66. The Morgan fingerprint density at radius 1 is 1.00 bits per heavy atom. The lowest BCUT2D eigenvalue weighted by Gasteiger charge is -2.65. The zero-order chi connectivity index (χ0) is 17.2. The highest BCUT2D eigenvalue weighted by atomic mass is 32.2. The zero-order valence-corrected chi connectivity index (χ0v) is 15.6. The molecule has 0 radical (unpaired) electrons. The van der Waals surface area contributed by atoms with Gasteiger partial charge in [0.25, 0.3) is 0 Å². The highest BCUT2D eigenvalue weighted by molar-refractivity contribution is 7.89. The van der Waals surface area contributed by atoms with Crippen LogP contribution in [0, 0.1) is 16.7 Å². The van der Waals surface area contributed by atoms with Crippen molar-refractivity contribution in [2.24, 2.45) is 16.7 Å². The van der Waals surface area contributed by atoms with Gasteiger partial charge in [0, 0.05) is 5.54 Å². The Kier molecular flexibility index (Phi) is 3.40. The molecule has 0 aliphatic heterocycles. The minimum atomic E-state index is -3.51. The molecule has 4 nitrogen and oxygen atoms in total. The molecule has 1 N–H and O–H groups in total. The van der Waals surface area contributed by atoms with E-state index < -0.39 is 10.0 Å². The summed E-state index contributed by atoms with van der Waals surface area (Å²) in [6.07, 6.45) is 6.70. The Labute approximate surface area is 145 Å². The van der Waals surface area contributed by atoms with E-state index in [1.165, 1.54) is 19.3 Å². The average Bonchev–Trinajstić information content (AvgIpc) is 2.42. The molecule has 5 rings (SSSR count). The van der Waals surface area contributed by atoms with Crippen LogP contribution in [0.2, 0.25) is 0 Å². The Balaban J connectivity index is 1.64. The van der Waals surface area contributed by atoms with Crippen molar-refractivity contribution in [3.05, 3.63) is 24.3 Å². The Morgan fingerprint density at radius 2 is 1.58 bits per heavy atom. The molecule has 1 aromatic carbocycles. The molecule has 0 spiro atoms. The van der Waals surface area contributed by atoms with Gasteiger partial charge >= 0.3 is 0 Å². The van der Waals surface area contributed by atoms with E-state index >= 15 is 0 Å². The van der Waals surface area contributed by atoms with Gasteiger partial charge in [0.05, 0.1) is 12.0 Å². The highest BCUT2D eigenvalue weighted by Gasteiger charge is 2.61. The number of hydrogen-bond acceptors (Lipinski definition) is 3. The zero-order valence-electron chi connectivity index (χ0n) is 14.8. The second-order valence-corrected chi connectivity index (χ2v) is 10.9. The van der Waals surface area contributed by atoms with Crippen molar-refractivity contribution < 1.29 is 13.2 Å². The van der Waals surface area contributed by atoms with Crippen LogP contribution in [-0.4, -0.2) is 21.1 Å². The minimum absolute atomic E-state index is 0.262. The van der Waals surface area contributed by atoms with Gasteiger partial charge in [-0.05, 0) is 79.5 Å². The van der Waals surface area contributed by atoms with Crippen LogP contribution in [0.1, 0.15) is 52.4 Å². The van der Waals surface area contributed by atoms with E-state index in [1.54, 1.807) is 31.4 Å². The largest absolute Gasteiger partial charge is 0.497 e. The molecule has 4 fully saturated rings. The summed E-state index contributed by atoms with van der Waals surface area (Å²) in [7, 11) is -1.92. The van der Waals surface area contributed by atoms with Gasteiger partial charge in [-0.3, -0.25) is 0 Å². The van der Waals surface area contributed by atoms with Gasteiger partial charge < -0.3 is 4.74 Å². The standard InChI is InChI=1S/C19H27NO3S/c1-17-8-14-9-18(2,11-17)13-19(10-14,12-17)20-24(21,22)16-6-4-15(23-3)5-7-16/h4-7,14,20H,8-13H2,1-3H3/t14?,17-,18+,19?. The van der Waals surface area contributed by atoms with Gasteiger partial charge in [0.15, 0.2) is 0 Å². The number of sulfonamides is 1. The predicted molar refractivity (Wildman–Crippen MR) is 93.5 cm³/mol. The molecule has 0 heterocycles. The van der Waals surface area contributed by atoms with Crippen LogP contribution >= 0.6 is 0 Å². The normalized spacial score (nSPS) is 40.7. The summed E-state index contributed by atoms with van der Waals surface area (Å²) in [5, 5.41) is 0. The van der Waals surface area contributed by atoms with E-state index in [2.05, 4.69) is 18.6 Å². The van der Waals surface area contributed by atoms with Crippen LogP contribution in [0.15, 0.2) is 29.2 Å². The van der Waals surface area contributed by atoms with Crippen LogP contribution in [0.25, 0.3) is 0 Å². The van der Waals surface area contributed by atoms with Crippen molar-refractivity contribution in [1.82, 2.24) is 4.72 Å². The summed E-state index contributed by atoms with van der Waals surface area (Å²) >= 11 is 0. The van der Waals surface area contributed by atoms with Crippen molar-refractivity contribution in [2.45, 2.75) is 62.8 Å². The first-order chi connectivity index (χ1) is 11.2. The number of rotatable bonds is 4. The van der Waals surface area contributed by atoms with Gasteiger partial charge in [0.1, 0.15) is 5.75 Å². The number of ether oxygens (including phenoxy) is 1. The van der Waals surface area contributed by atoms with Crippen LogP contribution in [0.3, 0.4) is 0 Å². The minimum Gasteiger partial charge on any atom is -0.497 e. The topological polar surface area (TPSA) is 55.4 Å². The fourth-order valence-electron chi connectivity index (χ4n) is 6.66. The van der Waals surface area contributed by atoms with Gasteiger partial charge in [-0.15, -0.1) is 0 Å². The number of methoxy groups -OCH3 is 1. The molecule has 132 valence electrons. The molecule has 4 atom stereocenters. The Hall–Kier alpha value is -1.07. The molecular formula is C19H27NO3S. The molecule has 4 aliphatic carbocycles. The molecule has 0 amide bonds. The lowest BCUT2D eigenvalue weighted by Crippen LogP contribution is -2.65. The van der Waals surface area contributed by atoms with Crippen LogP contribution < -0.4 is 9.46 Å². The van der Waals surface area contributed by atoms with Crippen LogP contribution in [0.5, 0.6) is 5.75 Å². The van der Waals surface area contributed by atoms with Gasteiger partial charge in [-0.25, -0.2) is 13.1 Å². The Morgan fingerprint density at radius 3 is 2.08 bits per heavy atom. The van der Waals surface area contributed by atoms with E-state index in [4.69, 9.17) is 4.74 Å². The second kappa shape index (κ2) is 4.98. The summed E-state index contributed by atoms with van der Waals surface area (Å²) in [6.45, 7) is 4.71. The number of nitrogens with one attached hydrogen (secondary N) is 1. The first-order valence-electron chi connectivity index (χ1n) is 8.83. The molecule has 4 saturated carbocycles. The van der Waals surface area contributed by atoms with Crippen LogP contribution in [0.4, 0.5) is 0 Å². The van der Waals surface area contributed by atoms with Crippen LogP contribution in [-0.2, 0) is 10.0 Å². The predicted octanol–water partition coefficient (Wildman–Crippen LogP) is 3.72. The van der Waals surface area contributed by atoms with Crippen molar-refractivity contribution in [3.8, 4) is 5.75 Å². The summed E-state index contributed by atoms with van der Waals surface area (Å²) in [4.78, 5) is 0.328. The van der Waals surface area contributed by atoms with E-state index in [9.17, 15) is 8.42 Å². The molecule has 4 aliphatic rings. The fraction of sp³-hybridized carbons (Fsp3) is 0.684. The van der Waals surface area contributed by atoms with E-state index in [1.807, 2.05) is 0 Å². The van der Waals surface area contributed by atoms with Gasteiger partial charge in [-0.1, -0.05) is 13.8 Å². The quantitative estimate of drug-likeness (QED) is 0.901. The highest BCUT2D eigenvalue weighted by Crippen LogP contribution is 2.66. The van der Waals surface area contributed by atoms with Gasteiger partial charge in [-0.2, -0.15) is 0 Å².